The van der Waals surface area contributed by atoms with Crippen LogP contribution in [0.2, 0.25) is 0 Å². The molecule has 2 rings (SSSR count). The number of anilines is 1. The standard InChI is InChI=1S/C14H23N3OS/c1-3-16(2)12-8-13(18)17(15-9-12)10-14(11-19)6-4-5-7-14/h8-9,19H,3-7,10-11H2,1-2H3. The van der Waals surface area contributed by atoms with Crippen LogP contribution in [0.4, 0.5) is 5.69 Å². The smallest absolute Gasteiger partial charge is 0.268 e. The van der Waals surface area contributed by atoms with Crippen molar-refractivity contribution in [3.63, 3.8) is 0 Å². The average molecular weight is 281 g/mol. The minimum absolute atomic E-state index is 0.00846. The average Bonchev–Trinajstić information content (AvgIpc) is 2.89. The van der Waals surface area contributed by atoms with E-state index in [9.17, 15) is 4.79 Å². The first-order valence-corrected chi connectivity index (χ1v) is 7.63. The quantitative estimate of drug-likeness (QED) is 0.841. The van der Waals surface area contributed by atoms with Gasteiger partial charge in [-0.25, -0.2) is 4.68 Å². The fourth-order valence-electron chi connectivity index (χ4n) is 2.74. The summed E-state index contributed by atoms with van der Waals surface area (Å²) in [5.41, 5.74) is 1.04. The second-order valence-corrected chi connectivity index (χ2v) is 5.91. The van der Waals surface area contributed by atoms with Crippen LogP contribution in [-0.2, 0) is 6.54 Å². The fraction of sp³-hybridized carbons (Fsp3) is 0.714. The highest BCUT2D eigenvalue weighted by atomic mass is 32.1. The summed E-state index contributed by atoms with van der Waals surface area (Å²) in [5, 5.41) is 4.33. The zero-order valence-electron chi connectivity index (χ0n) is 11.8. The first kappa shape index (κ1) is 14.4. The molecule has 0 aromatic carbocycles. The minimum atomic E-state index is -0.00846. The lowest BCUT2D eigenvalue weighted by atomic mass is 9.88. The van der Waals surface area contributed by atoms with Crippen molar-refractivity contribution < 1.29 is 0 Å². The Morgan fingerprint density at radius 2 is 2.16 bits per heavy atom. The number of thiol groups is 1. The number of hydrogen-bond donors (Lipinski definition) is 1. The molecule has 1 saturated carbocycles. The minimum Gasteiger partial charge on any atom is -0.373 e. The maximum absolute atomic E-state index is 12.2. The Morgan fingerprint density at radius 1 is 1.47 bits per heavy atom. The lowest BCUT2D eigenvalue weighted by molar-refractivity contribution is 0.270. The van der Waals surface area contributed by atoms with Gasteiger partial charge in [0.25, 0.3) is 5.56 Å². The second kappa shape index (κ2) is 5.99. The van der Waals surface area contributed by atoms with Gasteiger partial charge in [0.15, 0.2) is 0 Å². The van der Waals surface area contributed by atoms with E-state index in [4.69, 9.17) is 0 Å². The maximum atomic E-state index is 12.2. The predicted octanol–water partition coefficient (Wildman–Crippen LogP) is 2.19. The molecular weight excluding hydrogens is 258 g/mol. The van der Waals surface area contributed by atoms with E-state index in [0.29, 0.717) is 6.54 Å². The molecule has 0 bridgehead atoms. The van der Waals surface area contributed by atoms with Gasteiger partial charge in [-0.2, -0.15) is 17.7 Å². The highest BCUT2D eigenvalue weighted by Crippen LogP contribution is 2.40. The van der Waals surface area contributed by atoms with Crippen LogP contribution in [0, 0.1) is 5.41 Å². The molecule has 5 heteroatoms. The Kier molecular flexibility index (Phi) is 4.55. The molecule has 4 nitrogen and oxygen atoms in total. The normalized spacial score (nSPS) is 17.6. The van der Waals surface area contributed by atoms with Crippen LogP contribution in [0.25, 0.3) is 0 Å². The van der Waals surface area contributed by atoms with Crippen LogP contribution < -0.4 is 10.5 Å². The number of rotatable bonds is 5. The topological polar surface area (TPSA) is 38.1 Å². The summed E-state index contributed by atoms with van der Waals surface area (Å²) in [6.07, 6.45) is 6.58. The zero-order valence-corrected chi connectivity index (χ0v) is 12.7. The molecule has 0 spiro atoms. The number of nitrogens with zero attached hydrogens (tertiary/aromatic N) is 3. The molecule has 0 atom stereocenters. The summed E-state index contributed by atoms with van der Waals surface area (Å²) in [6, 6.07) is 1.68. The van der Waals surface area contributed by atoms with Gasteiger partial charge in [0.2, 0.25) is 0 Å². The SMILES string of the molecule is CCN(C)c1cnn(CC2(CS)CCCC2)c(=O)c1. The Hall–Kier alpha value is -0.970. The van der Waals surface area contributed by atoms with Crippen LogP contribution in [0.3, 0.4) is 0 Å². The first-order valence-electron chi connectivity index (χ1n) is 6.99. The molecule has 0 unspecified atom stereocenters. The van der Waals surface area contributed by atoms with E-state index in [1.807, 2.05) is 11.9 Å². The largest absolute Gasteiger partial charge is 0.373 e. The fourth-order valence-corrected chi connectivity index (χ4v) is 3.16. The molecule has 0 aliphatic heterocycles. The van der Waals surface area contributed by atoms with Gasteiger partial charge in [-0.15, -0.1) is 0 Å². The van der Waals surface area contributed by atoms with Crippen molar-refractivity contribution in [2.45, 2.75) is 39.2 Å². The number of hydrogen-bond acceptors (Lipinski definition) is 4. The predicted molar refractivity (Wildman–Crippen MR) is 82.2 cm³/mol. The molecule has 1 fully saturated rings. The maximum Gasteiger partial charge on any atom is 0.268 e. The van der Waals surface area contributed by atoms with Crippen LogP contribution in [0.15, 0.2) is 17.1 Å². The molecule has 1 aliphatic rings. The van der Waals surface area contributed by atoms with E-state index in [-0.39, 0.29) is 11.0 Å². The third kappa shape index (κ3) is 3.14. The van der Waals surface area contributed by atoms with E-state index in [1.165, 1.54) is 12.8 Å². The van der Waals surface area contributed by atoms with Crippen molar-refractivity contribution in [3.05, 3.63) is 22.6 Å². The van der Waals surface area contributed by atoms with Crippen LogP contribution in [0.1, 0.15) is 32.6 Å². The van der Waals surface area contributed by atoms with Crippen molar-refractivity contribution in [1.29, 1.82) is 0 Å². The van der Waals surface area contributed by atoms with Gasteiger partial charge < -0.3 is 4.90 Å². The Labute approximate surface area is 120 Å². The molecule has 1 aliphatic carbocycles. The van der Waals surface area contributed by atoms with Crippen LogP contribution in [-0.4, -0.2) is 29.1 Å². The van der Waals surface area contributed by atoms with E-state index in [2.05, 4.69) is 24.7 Å². The molecule has 1 aromatic rings. The zero-order chi connectivity index (χ0) is 13.9. The molecule has 106 valence electrons. The summed E-state index contributed by atoms with van der Waals surface area (Å²) in [7, 11) is 1.97. The Bertz CT molecular complexity index is 480. The van der Waals surface area contributed by atoms with E-state index in [1.54, 1.807) is 16.9 Å². The molecule has 0 amide bonds. The molecule has 1 heterocycles. The summed E-state index contributed by atoms with van der Waals surface area (Å²) in [4.78, 5) is 14.2. The van der Waals surface area contributed by atoms with E-state index in [0.717, 1.165) is 30.8 Å². The molecular formula is C14H23N3OS. The van der Waals surface area contributed by atoms with Gasteiger partial charge in [0.1, 0.15) is 0 Å². The highest BCUT2D eigenvalue weighted by molar-refractivity contribution is 7.80. The molecule has 1 aromatic heterocycles. The van der Waals surface area contributed by atoms with Crippen molar-refractivity contribution in [2.75, 3.05) is 24.2 Å². The highest BCUT2D eigenvalue weighted by Gasteiger charge is 2.33. The molecule has 19 heavy (non-hydrogen) atoms. The van der Waals surface area contributed by atoms with E-state index < -0.39 is 0 Å². The van der Waals surface area contributed by atoms with Gasteiger partial charge in [0, 0.05) is 19.7 Å². The molecule has 0 N–H and O–H groups in total. The monoisotopic (exact) mass is 281 g/mol. The van der Waals surface area contributed by atoms with Crippen LogP contribution >= 0.6 is 12.6 Å². The van der Waals surface area contributed by atoms with Gasteiger partial charge >= 0.3 is 0 Å². The lowest BCUT2D eigenvalue weighted by Gasteiger charge is -2.27. The first-order chi connectivity index (χ1) is 9.10. The van der Waals surface area contributed by atoms with E-state index >= 15 is 0 Å². The van der Waals surface area contributed by atoms with Gasteiger partial charge in [-0.05, 0) is 30.9 Å². The Morgan fingerprint density at radius 3 is 2.68 bits per heavy atom. The lowest BCUT2D eigenvalue weighted by Crippen LogP contribution is -2.34. The molecule has 0 saturated heterocycles. The second-order valence-electron chi connectivity index (χ2n) is 5.59. The molecule has 0 radical (unpaired) electrons. The summed E-state index contributed by atoms with van der Waals surface area (Å²) >= 11 is 4.48. The van der Waals surface area contributed by atoms with Gasteiger partial charge in [0.05, 0.1) is 18.4 Å². The van der Waals surface area contributed by atoms with Crippen molar-refractivity contribution in [1.82, 2.24) is 9.78 Å². The van der Waals surface area contributed by atoms with Crippen molar-refractivity contribution >= 4 is 18.3 Å². The Balaban J connectivity index is 2.19. The summed E-state index contributed by atoms with van der Waals surface area (Å²) in [5.74, 6) is 0.831. The third-order valence-electron chi connectivity index (χ3n) is 4.26. The third-order valence-corrected chi connectivity index (χ3v) is 4.93. The van der Waals surface area contributed by atoms with Crippen molar-refractivity contribution in [2.24, 2.45) is 5.41 Å². The van der Waals surface area contributed by atoms with Crippen molar-refractivity contribution in [3.8, 4) is 0 Å². The summed E-state index contributed by atoms with van der Waals surface area (Å²) in [6.45, 7) is 3.62. The van der Waals surface area contributed by atoms with Gasteiger partial charge in [-0.3, -0.25) is 4.79 Å². The van der Waals surface area contributed by atoms with Crippen LogP contribution in [0.5, 0.6) is 0 Å². The summed E-state index contributed by atoms with van der Waals surface area (Å²) < 4.78 is 1.61. The van der Waals surface area contributed by atoms with Gasteiger partial charge in [-0.1, -0.05) is 12.8 Å². The number of aromatic nitrogens is 2.